The summed E-state index contributed by atoms with van der Waals surface area (Å²) in [6.07, 6.45) is 1.43. The van der Waals surface area contributed by atoms with Crippen LogP contribution < -0.4 is 10.6 Å². The van der Waals surface area contributed by atoms with Crippen molar-refractivity contribution in [3.63, 3.8) is 0 Å². The fraction of sp³-hybridized carbons (Fsp3) is 0.611. The Balaban J connectivity index is 2.25. The van der Waals surface area contributed by atoms with Gasteiger partial charge in [-0.15, -0.1) is 0 Å². The molecule has 0 bridgehead atoms. The van der Waals surface area contributed by atoms with Crippen LogP contribution in [0.3, 0.4) is 0 Å². The number of hydrogen-bond donors (Lipinski definition) is 3. The summed E-state index contributed by atoms with van der Waals surface area (Å²) in [5.74, 6) is -0.850. The van der Waals surface area contributed by atoms with E-state index >= 15 is 0 Å². The topological polar surface area (TPSA) is 108 Å². The average Bonchev–Trinajstić information content (AvgIpc) is 2.66. The smallest absolute Gasteiger partial charge is 0.303 e. The molecule has 0 saturated carbocycles. The highest BCUT2D eigenvalue weighted by molar-refractivity contribution is 7.89. The summed E-state index contributed by atoms with van der Waals surface area (Å²) < 4.78 is 32.5. The van der Waals surface area contributed by atoms with Crippen LogP contribution in [-0.4, -0.2) is 62.7 Å². The first-order valence-electron chi connectivity index (χ1n) is 9.28. The number of morpholine rings is 1. The number of hydrogen-bond acceptors (Lipinski definition) is 6. The van der Waals surface area contributed by atoms with Crippen molar-refractivity contribution in [2.24, 2.45) is 0 Å². The maximum Gasteiger partial charge on any atom is 0.303 e. The van der Waals surface area contributed by atoms with Gasteiger partial charge in [-0.1, -0.05) is 6.92 Å². The van der Waals surface area contributed by atoms with E-state index in [4.69, 9.17) is 9.84 Å². The van der Waals surface area contributed by atoms with Crippen LogP contribution in [0.25, 0.3) is 0 Å². The second kappa shape index (κ2) is 9.91. The molecule has 2 rings (SSSR count). The van der Waals surface area contributed by atoms with Gasteiger partial charge in [0.05, 0.1) is 29.5 Å². The van der Waals surface area contributed by atoms with Crippen LogP contribution in [-0.2, 0) is 19.6 Å². The van der Waals surface area contributed by atoms with E-state index in [1.165, 1.54) is 4.31 Å². The Morgan fingerprint density at radius 1 is 1.30 bits per heavy atom. The molecule has 1 aromatic carbocycles. The summed E-state index contributed by atoms with van der Waals surface area (Å²) >= 11 is 0. The maximum absolute atomic E-state index is 12.9. The van der Waals surface area contributed by atoms with Crippen molar-refractivity contribution >= 4 is 27.4 Å². The zero-order valence-electron chi connectivity index (χ0n) is 15.9. The van der Waals surface area contributed by atoms with Crippen LogP contribution >= 0.6 is 0 Å². The third-order valence-electron chi connectivity index (χ3n) is 4.36. The van der Waals surface area contributed by atoms with E-state index in [2.05, 4.69) is 10.6 Å². The number of carboxylic acid groups (broad SMARTS) is 1. The van der Waals surface area contributed by atoms with Crippen molar-refractivity contribution in [1.82, 2.24) is 4.31 Å². The summed E-state index contributed by atoms with van der Waals surface area (Å²) in [6.45, 7) is 6.17. The van der Waals surface area contributed by atoms with Gasteiger partial charge in [-0.2, -0.15) is 4.31 Å². The van der Waals surface area contributed by atoms with Gasteiger partial charge in [-0.3, -0.25) is 4.79 Å². The number of anilines is 2. The van der Waals surface area contributed by atoms with Crippen LogP contribution in [0.15, 0.2) is 23.1 Å². The minimum absolute atomic E-state index is 0.0532. The summed E-state index contributed by atoms with van der Waals surface area (Å²) in [5, 5.41) is 15.4. The lowest BCUT2D eigenvalue weighted by molar-refractivity contribution is -0.137. The number of nitrogens with zero attached hydrogens (tertiary/aromatic N) is 1. The van der Waals surface area contributed by atoms with Crippen LogP contribution in [0.5, 0.6) is 0 Å². The van der Waals surface area contributed by atoms with Gasteiger partial charge in [0.2, 0.25) is 10.0 Å². The van der Waals surface area contributed by atoms with Gasteiger partial charge < -0.3 is 20.5 Å². The minimum atomic E-state index is -3.59. The van der Waals surface area contributed by atoms with Crippen molar-refractivity contribution in [2.45, 2.75) is 44.0 Å². The zero-order chi connectivity index (χ0) is 19.9. The molecule has 152 valence electrons. The van der Waals surface area contributed by atoms with Crippen molar-refractivity contribution < 1.29 is 23.1 Å². The van der Waals surface area contributed by atoms with Crippen LogP contribution in [0.2, 0.25) is 0 Å². The SMILES string of the molecule is CCCNc1ccc(S(=O)(=O)N2CCOCC2)cc1N[C@@H](C)CCC(=O)O. The van der Waals surface area contributed by atoms with Gasteiger partial charge in [0, 0.05) is 32.1 Å². The van der Waals surface area contributed by atoms with Crippen LogP contribution in [0.1, 0.15) is 33.1 Å². The molecular formula is C18H29N3O5S. The molecule has 8 nitrogen and oxygen atoms in total. The Morgan fingerprint density at radius 3 is 2.63 bits per heavy atom. The number of carboxylic acids is 1. The highest BCUT2D eigenvalue weighted by Gasteiger charge is 2.27. The molecule has 1 aliphatic heterocycles. The van der Waals surface area contributed by atoms with E-state index in [1.54, 1.807) is 18.2 Å². The number of rotatable bonds is 10. The summed E-state index contributed by atoms with van der Waals surface area (Å²) in [4.78, 5) is 11.0. The second-order valence-corrected chi connectivity index (χ2v) is 8.57. The van der Waals surface area contributed by atoms with E-state index in [0.29, 0.717) is 38.4 Å². The molecule has 0 unspecified atom stereocenters. The van der Waals surface area contributed by atoms with Crippen molar-refractivity contribution in [2.75, 3.05) is 43.5 Å². The van der Waals surface area contributed by atoms with E-state index in [1.807, 2.05) is 13.8 Å². The highest BCUT2D eigenvalue weighted by atomic mass is 32.2. The van der Waals surface area contributed by atoms with Crippen molar-refractivity contribution in [3.8, 4) is 0 Å². The lowest BCUT2D eigenvalue weighted by Crippen LogP contribution is -2.40. The van der Waals surface area contributed by atoms with E-state index in [9.17, 15) is 13.2 Å². The van der Waals surface area contributed by atoms with E-state index in [0.717, 1.165) is 18.7 Å². The maximum atomic E-state index is 12.9. The molecule has 1 saturated heterocycles. The first-order valence-corrected chi connectivity index (χ1v) is 10.7. The molecule has 9 heteroatoms. The lowest BCUT2D eigenvalue weighted by Gasteiger charge is -2.27. The summed E-state index contributed by atoms with van der Waals surface area (Å²) in [7, 11) is -3.59. The average molecular weight is 400 g/mol. The Hall–Kier alpha value is -1.84. The summed E-state index contributed by atoms with van der Waals surface area (Å²) in [5.41, 5.74) is 1.47. The monoisotopic (exact) mass is 399 g/mol. The van der Waals surface area contributed by atoms with E-state index in [-0.39, 0.29) is 17.4 Å². The predicted molar refractivity (Wildman–Crippen MR) is 105 cm³/mol. The van der Waals surface area contributed by atoms with Gasteiger partial charge in [-0.25, -0.2) is 8.42 Å². The number of carbonyl (C=O) groups is 1. The molecule has 0 radical (unpaired) electrons. The van der Waals surface area contributed by atoms with Crippen molar-refractivity contribution in [3.05, 3.63) is 18.2 Å². The number of aliphatic carboxylic acids is 1. The molecule has 3 N–H and O–H groups in total. The predicted octanol–water partition coefficient (Wildman–Crippen LogP) is 2.19. The molecule has 0 aliphatic carbocycles. The Kier molecular flexibility index (Phi) is 7.88. The number of benzene rings is 1. The molecule has 0 spiro atoms. The molecule has 1 atom stereocenters. The molecule has 1 aliphatic rings. The van der Waals surface area contributed by atoms with Crippen LogP contribution in [0.4, 0.5) is 11.4 Å². The molecular weight excluding hydrogens is 370 g/mol. The van der Waals surface area contributed by atoms with Crippen LogP contribution in [0, 0.1) is 0 Å². The first kappa shape index (κ1) is 21.5. The fourth-order valence-corrected chi connectivity index (χ4v) is 4.27. The van der Waals surface area contributed by atoms with Gasteiger partial charge >= 0.3 is 5.97 Å². The number of ether oxygens (including phenoxy) is 1. The van der Waals surface area contributed by atoms with Crippen molar-refractivity contribution in [1.29, 1.82) is 0 Å². The zero-order valence-corrected chi connectivity index (χ0v) is 16.7. The largest absolute Gasteiger partial charge is 0.481 e. The molecule has 0 aromatic heterocycles. The molecule has 1 aromatic rings. The Morgan fingerprint density at radius 2 is 2.00 bits per heavy atom. The lowest BCUT2D eigenvalue weighted by atomic mass is 10.1. The number of nitrogens with one attached hydrogen (secondary N) is 2. The second-order valence-electron chi connectivity index (χ2n) is 6.63. The fourth-order valence-electron chi connectivity index (χ4n) is 2.83. The first-order chi connectivity index (χ1) is 12.8. The van der Waals surface area contributed by atoms with Gasteiger partial charge in [0.15, 0.2) is 0 Å². The van der Waals surface area contributed by atoms with Gasteiger partial charge in [0.1, 0.15) is 0 Å². The Labute approximate surface area is 160 Å². The Bertz CT molecular complexity index is 733. The summed E-state index contributed by atoms with van der Waals surface area (Å²) in [6, 6.07) is 4.88. The molecule has 1 fully saturated rings. The molecule has 0 amide bonds. The normalized spacial score (nSPS) is 16.7. The standard InChI is InChI=1S/C18H29N3O5S/c1-3-8-19-16-6-5-15(27(24,25)21-9-11-26-12-10-21)13-17(16)20-14(2)4-7-18(22)23/h5-6,13-14,19-20H,3-4,7-12H2,1-2H3,(H,22,23)/t14-/m0/s1. The molecule has 27 heavy (non-hydrogen) atoms. The van der Waals surface area contributed by atoms with Gasteiger partial charge in [0.25, 0.3) is 0 Å². The third kappa shape index (κ3) is 6.08. The molecule has 1 heterocycles. The van der Waals surface area contributed by atoms with E-state index < -0.39 is 16.0 Å². The third-order valence-corrected chi connectivity index (χ3v) is 6.25. The quantitative estimate of drug-likeness (QED) is 0.553. The minimum Gasteiger partial charge on any atom is -0.481 e. The highest BCUT2D eigenvalue weighted by Crippen LogP contribution is 2.28. The number of sulfonamides is 1. The van der Waals surface area contributed by atoms with Gasteiger partial charge in [-0.05, 0) is 38.0 Å².